The van der Waals surface area contributed by atoms with Crippen molar-refractivity contribution >= 4 is 16.7 Å². The minimum absolute atomic E-state index is 0.129. The SMILES string of the molecule is O=C1CCCc2c1c1cc(C(F)(F)F)ccc1n2-c1ncccn1. The first kappa shape index (κ1) is 14.9. The Morgan fingerprint density at radius 1 is 1.08 bits per heavy atom. The summed E-state index contributed by atoms with van der Waals surface area (Å²) in [5.74, 6) is 0.230. The Morgan fingerprint density at radius 2 is 1.83 bits per heavy atom. The fourth-order valence-corrected chi connectivity index (χ4v) is 3.24. The summed E-state index contributed by atoms with van der Waals surface area (Å²) in [5.41, 5.74) is 0.818. The smallest absolute Gasteiger partial charge is 0.294 e. The van der Waals surface area contributed by atoms with Crippen molar-refractivity contribution in [3.63, 3.8) is 0 Å². The van der Waals surface area contributed by atoms with Crippen LogP contribution >= 0.6 is 0 Å². The zero-order chi connectivity index (χ0) is 16.9. The molecule has 0 saturated heterocycles. The van der Waals surface area contributed by atoms with E-state index in [2.05, 4.69) is 9.97 Å². The van der Waals surface area contributed by atoms with Crippen molar-refractivity contribution in [1.29, 1.82) is 0 Å². The van der Waals surface area contributed by atoms with E-state index in [1.165, 1.54) is 6.07 Å². The van der Waals surface area contributed by atoms with E-state index in [1.807, 2.05) is 0 Å². The minimum atomic E-state index is -4.45. The van der Waals surface area contributed by atoms with Crippen molar-refractivity contribution in [3.8, 4) is 5.95 Å². The summed E-state index contributed by atoms with van der Waals surface area (Å²) in [6, 6.07) is 5.13. The molecule has 1 aliphatic carbocycles. The second kappa shape index (κ2) is 5.15. The van der Waals surface area contributed by atoms with Gasteiger partial charge in [-0.05, 0) is 37.1 Å². The van der Waals surface area contributed by atoms with E-state index in [4.69, 9.17) is 0 Å². The number of hydrogen-bond donors (Lipinski definition) is 0. The van der Waals surface area contributed by atoms with Gasteiger partial charge in [0.05, 0.1) is 11.1 Å². The van der Waals surface area contributed by atoms with E-state index in [9.17, 15) is 18.0 Å². The number of carbonyl (C=O) groups excluding carboxylic acids is 1. The van der Waals surface area contributed by atoms with Crippen LogP contribution in [0.4, 0.5) is 13.2 Å². The summed E-state index contributed by atoms with van der Waals surface area (Å²) in [6.45, 7) is 0. The molecule has 7 heteroatoms. The maximum atomic E-state index is 13.1. The zero-order valence-corrected chi connectivity index (χ0v) is 12.5. The van der Waals surface area contributed by atoms with Gasteiger partial charge < -0.3 is 0 Å². The Bertz CT molecular complexity index is 945. The number of benzene rings is 1. The largest absolute Gasteiger partial charge is 0.416 e. The van der Waals surface area contributed by atoms with E-state index in [0.29, 0.717) is 47.4 Å². The first-order valence-electron chi connectivity index (χ1n) is 7.52. The summed E-state index contributed by atoms with van der Waals surface area (Å²) in [4.78, 5) is 20.8. The molecule has 0 amide bonds. The fraction of sp³-hybridized carbons (Fsp3) is 0.235. The monoisotopic (exact) mass is 331 g/mol. The first-order chi connectivity index (χ1) is 11.5. The molecule has 0 spiro atoms. The molecule has 0 atom stereocenters. The molecule has 3 aromatic rings. The molecule has 0 fully saturated rings. The van der Waals surface area contributed by atoms with Gasteiger partial charge in [-0.1, -0.05) is 0 Å². The lowest BCUT2D eigenvalue weighted by molar-refractivity contribution is -0.137. The average Bonchev–Trinajstić information content (AvgIpc) is 2.89. The molecule has 0 radical (unpaired) electrons. The molecule has 0 unspecified atom stereocenters. The Balaban J connectivity index is 2.08. The summed E-state index contributed by atoms with van der Waals surface area (Å²) in [5, 5.41) is 0.317. The second-order valence-electron chi connectivity index (χ2n) is 5.71. The highest BCUT2D eigenvalue weighted by Gasteiger charge is 2.33. The van der Waals surface area contributed by atoms with Crippen LogP contribution in [0.5, 0.6) is 0 Å². The van der Waals surface area contributed by atoms with Gasteiger partial charge >= 0.3 is 6.18 Å². The van der Waals surface area contributed by atoms with Crippen LogP contribution in [0.25, 0.3) is 16.9 Å². The fourth-order valence-electron chi connectivity index (χ4n) is 3.24. The van der Waals surface area contributed by atoms with E-state index >= 15 is 0 Å². The lowest BCUT2D eigenvalue weighted by Crippen LogP contribution is -2.13. The van der Waals surface area contributed by atoms with Crippen LogP contribution in [0.2, 0.25) is 0 Å². The number of aromatic nitrogens is 3. The molecule has 1 aliphatic rings. The number of ketones is 1. The number of nitrogens with zero attached hydrogens (tertiary/aromatic N) is 3. The predicted octanol–water partition coefficient (Wildman–Crippen LogP) is 3.96. The minimum Gasteiger partial charge on any atom is -0.294 e. The maximum Gasteiger partial charge on any atom is 0.416 e. The molecule has 2 aromatic heterocycles. The van der Waals surface area contributed by atoms with Crippen molar-refractivity contribution in [1.82, 2.24) is 14.5 Å². The third-order valence-corrected chi connectivity index (χ3v) is 4.24. The quantitative estimate of drug-likeness (QED) is 0.678. The van der Waals surface area contributed by atoms with Gasteiger partial charge in [-0.15, -0.1) is 0 Å². The van der Waals surface area contributed by atoms with Crippen LogP contribution in [-0.4, -0.2) is 20.3 Å². The number of Topliss-reactive ketones (excluding diaryl/α,β-unsaturated/α-hetero) is 1. The van der Waals surface area contributed by atoms with E-state index in [-0.39, 0.29) is 5.78 Å². The molecule has 24 heavy (non-hydrogen) atoms. The van der Waals surface area contributed by atoms with Gasteiger partial charge in [0.2, 0.25) is 5.95 Å². The summed E-state index contributed by atoms with van der Waals surface area (Å²) >= 11 is 0. The second-order valence-corrected chi connectivity index (χ2v) is 5.71. The van der Waals surface area contributed by atoms with Crippen LogP contribution in [0.3, 0.4) is 0 Å². The molecular formula is C17H12F3N3O. The zero-order valence-electron chi connectivity index (χ0n) is 12.5. The highest BCUT2D eigenvalue weighted by atomic mass is 19.4. The standard InChI is InChI=1S/C17H12F3N3O/c18-17(19,20)10-5-6-12-11(9-10)15-13(3-1-4-14(15)24)23(12)16-21-7-2-8-22-16/h2,5-9H,1,3-4H2. The molecule has 2 heterocycles. The van der Waals surface area contributed by atoms with Crippen molar-refractivity contribution < 1.29 is 18.0 Å². The number of rotatable bonds is 1. The average molecular weight is 331 g/mol. The highest BCUT2D eigenvalue weighted by molar-refractivity contribution is 6.10. The van der Waals surface area contributed by atoms with Crippen molar-refractivity contribution in [2.45, 2.75) is 25.4 Å². The summed E-state index contributed by atoms with van der Waals surface area (Å²) in [7, 11) is 0. The Kier molecular flexibility index (Phi) is 3.19. The number of fused-ring (bicyclic) bond motifs is 3. The molecule has 0 saturated carbocycles. The molecule has 0 N–H and O–H groups in total. The van der Waals surface area contributed by atoms with Crippen LogP contribution in [0.1, 0.15) is 34.5 Å². The number of hydrogen-bond acceptors (Lipinski definition) is 3. The summed E-state index contributed by atoms with van der Waals surface area (Å²) in [6.07, 6.45) is 0.295. The Labute approximate surface area is 135 Å². The predicted molar refractivity (Wildman–Crippen MR) is 81.1 cm³/mol. The first-order valence-corrected chi connectivity index (χ1v) is 7.52. The Morgan fingerprint density at radius 3 is 2.54 bits per heavy atom. The van der Waals surface area contributed by atoms with Crippen molar-refractivity contribution in [2.75, 3.05) is 0 Å². The molecular weight excluding hydrogens is 319 g/mol. The molecule has 1 aromatic carbocycles. The van der Waals surface area contributed by atoms with E-state index in [1.54, 1.807) is 23.0 Å². The van der Waals surface area contributed by atoms with Crippen LogP contribution < -0.4 is 0 Å². The number of alkyl halides is 3. The van der Waals surface area contributed by atoms with Gasteiger partial charge in [0.1, 0.15) is 0 Å². The van der Waals surface area contributed by atoms with Gasteiger partial charge in [0, 0.05) is 35.5 Å². The lowest BCUT2D eigenvalue weighted by Gasteiger charge is -2.13. The van der Waals surface area contributed by atoms with Crippen molar-refractivity contribution in [3.05, 3.63) is 53.5 Å². The maximum absolute atomic E-state index is 13.1. The van der Waals surface area contributed by atoms with E-state index in [0.717, 1.165) is 12.1 Å². The van der Waals surface area contributed by atoms with Crippen molar-refractivity contribution in [2.24, 2.45) is 0 Å². The molecule has 0 aliphatic heterocycles. The Hall–Kier alpha value is -2.70. The van der Waals surface area contributed by atoms with Gasteiger partial charge in [0.15, 0.2) is 5.78 Å². The lowest BCUT2D eigenvalue weighted by atomic mass is 9.94. The third kappa shape index (κ3) is 2.19. The molecule has 0 bridgehead atoms. The van der Waals surface area contributed by atoms with Gasteiger partial charge in [0.25, 0.3) is 0 Å². The van der Waals surface area contributed by atoms with Crippen LogP contribution in [0, 0.1) is 0 Å². The molecule has 122 valence electrons. The molecule has 4 nitrogen and oxygen atoms in total. The third-order valence-electron chi connectivity index (χ3n) is 4.24. The van der Waals surface area contributed by atoms with Crippen LogP contribution in [0.15, 0.2) is 36.7 Å². The topological polar surface area (TPSA) is 47.8 Å². The highest BCUT2D eigenvalue weighted by Crippen LogP contribution is 2.37. The number of carbonyl (C=O) groups is 1. The molecule has 4 rings (SSSR count). The van der Waals surface area contributed by atoms with Gasteiger partial charge in [-0.2, -0.15) is 13.2 Å². The normalized spacial score (nSPS) is 14.9. The van der Waals surface area contributed by atoms with Gasteiger partial charge in [-0.25, -0.2) is 9.97 Å². The van der Waals surface area contributed by atoms with Gasteiger partial charge in [-0.3, -0.25) is 9.36 Å². The van der Waals surface area contributed by atoms with Crippen LogP contribution in [-0.2, 0) is 12.6 Å². The number of halogens is 3. The van der Waals surface area contributed by atoms with E-state index < -0.39 is 11.7 Å². The summed E-state index contributed by atoms with van der Waals surface area (Å²) < 4.78 is 40.9.